The fraction of sp³-hybridized carbons (Fsp3) is 0.500. The molecule has 1 saturated heterocycles. The quantitative estimate of drug-likeness (QED) is 0.565. The van der Waals surface area contributed by atoms with Crippen LogP contribution in [0, 0.1) is 5.95 Å². The maximum Gasteiger partial charge on any atom is 0.324 e. The van der Waals surface area contributed by atoms with Crippen LogP contribution < -0.4 is 0 Å². The molecule has 1 aliphatic rings. The Morgan fingerprint density at radius 2 is 2.19 bits per heavy atom. The lowest BCUT2D eigenvalue weighted by atomic mass is 10.1. The molecule has 1 N–H and O–H groups in total. The molecule has 27 heavy (non-hydrogen) atoms. The van der Waals surface area contributed by atoms with Crippen LogP contribution in [0.2, 0.25) is 0 Å². The van der Waals surface area contributed by atoms with Crippen LogP contribution in [0.1, 0.15) is 38.2 Å². The van der Waals surface area contributed by atoms with Crippen molar-refractivity contribution in [3.8, 4) is 0 Å². The predicted octanol–water partition coefficient (Wildman–Crippen LogP) is 2.75. The summed E-state index contributed by atoms with van der Waals surface area (Å²) >= 11 is 0. The van der Waals surface area contributed by atoms with E-state index in [4.69, 9.17) is 4.74 Å². The van der Waals surface area contributed by atoms with Crippen molar-refractivity contribution in [3.63, 3.8) is 0 Å². The lowest BCUT2D eigenvalue weighted by molar-refractivity contribution is -0.151. The first-order valence-electron chi connectivity index (χ1n) is 8.41. The van der Waals surface area contributed by atoms with E-state index in [1.165, 1.54) is 0 Å². The number of unbranched alkanes of at least 4 members (excludes halogenated alkanes) is 1. The average Bonchev–Trinajstić information content (AvgIpc) is 2.94. The second-order valence-corrected chi connectivity index (χ2v) is 8.05. The van der Waals surface area contributed by atoms with Gasteiger partial charge in [-0.05, 0) is 25.0 Å². The summed E-state index contributed by atoms with van der Waals surface area (Å²) in [6.45, 7) is 2.12. The number of rotatable bonds is 7. The van der Waals surface area contributed by atoms with E-state index in [1.54, 1.807) is 0 Å². The van der Waals surface area contributed by atoms with Gasteiger partial charge >= 0.3 is 5.97 Å². The van der Waals surface area contributed by atoms with Crippen molar-refractivity contribution in [3.05, 3.63) is 23.6 Å². The van der Waals surface area contributed by atoms with Gasteiger partial charge in [-0.3, -0.25) is 9.89 Å². The molecule has 2 heterocycles. The van der Waals surface area contributed by atoms with E-state index in [9.17, 15) is 26.4 Å². The number of nitrogens with one attached hydrogen (secondary N) is 1. The van der Waals surface area contributed by atoms with Gasteiger partial charge in [-0.15, -0.1) is 0 Å². The Morgan fingerprint density at radius 1 is 1.44 bits per heavy atom. The number of aromatic nitrogens is 2. The predicted molar refractivity (Wildman–Crippen MR) is 89.2 cm³/mol. The van der Waals surface area contributed by atoms with E-state index in [0.717, 1.165) is 22.9 Å². The van der Waals surface area contributed by atoms with E-state index in [-0.39, 0.29) is 30.5 Å². The van der Waals surface area contributed by atoms with Crippen molar-refractivity contribution >= 4 is 26.9 Å². The molecule has 0 spiro atoms. The maximum atomic E-state index is 13.8. The van der Waals surface area contributed by atoms with Crippen LogP contribution in [-0.2, 0) is 19.6 Å². The fourth-order valence-electron chi connectivity index (χ4n) is 2.83. The number of fused-ring (bicyclic) bond motifs is 1. The number of hydrogen-bond acceptors (Lipinski definition) is 5. The van der Waals surface area contributed by atoms with E-state index in [0.29, 0.717) is 6.42 Å². The van der Waals surface area contributed by atoms with E-state index in [2.05, 4.69) is 5.10 Å². The standard InChI is InChI=1S/C16H18F3N3O4S/c1-2-3-6-26-16(23)11-4-5-22(11)27(24,25)12-8-9(14(17)18)7-10-13(12)20-21-15(10)19/h7-8,11,14H,2-6H2,1H3,(H,20,21)/t11-/m0/s1. The molecule has 0 amide bonds. The molecule has 1 fully saturated rings. The van der Waals surface area contributed by atoms with Crippen LogP contribution in [0.25, 0.3) is 10.9 Å². The molecule has 1 aliphatic heterocycles. The second kappa shape index (κ2) is 7.47. The monoisotopic (exact) mass is 405 g/mol. The van der Waals surface area contributed by atoms with Crippen LogP contribution in [0.15, 0.2) is 17.0 Å². The lowest BCUT2D eigenvalue weighted by Gasteiger charge is -2.37. The molecule has 1 atom stereocenters. The summed E-state index contributed by atoms with van der Waals surface area (Å²) in [6, 6.07) is 0.589. The molecule has 11 heteroatoms. The van der Waals surface area contributed by atoms with Crippen LogP contribution in [0.3, 0.4) is 0 Å². The summed E-state index contributed by atoms with van der Waals surface area (Å²) in [4.78, 5) is 11.5. The first kappa shape index (κ1) is 19.6. The Hall–Kier alpha value is -2.14. The Labute approximate surface area is 153 Å². The summed E-state index contributed by atoms with van der Waals surface area (Å²) in [5.41, 5.74) is -0.939. The molecule has 0 saturated carbocycles. The third-order valence-electron chi connectivity index (χ3n) is 4.42. The van der Waals surface area contributed by atoms with Gasteiger partial charge in [0.15, 0.2) is 0 Å². The largest absolute Gasteiger partial charge is 0.464 e. The van der Waals surface area contributed by atoms with Gasteiger partial charge in [0.05, 0.1) is 12.0 Å². The first-order chi connectivity index (χ1) is 12.8. The van der Waals surface area contributed by atoms with Crippen molar-refractivity contribution in [2.75, 3.05) is 13.2 Å². The van der Waals surface area contributed by atoms with Crippen molar-refractivity contribution in [1.82, 2.24) is 14.5 Å². The van der Waals surface area contributed by atoms with Crippen LogP contribution in [-0.4, -0.2) is 48.1 Å². The number of hydrogen-bond donors (Lipinski definition) is 1. The third-order valence-corrected chi connectivity index (χ3v) is 6.34. The normalized spacial score (nSPS) is 18.0. The molecule has 1 aromatic heterocycles. The Morgan fingerprint density at radius 3 is 2.78 bits per heavy atom. The smallest absolute Gasteiger partial charge is 0.324 e. The molecule has 2 aromatic rings. The lowest BCUT2D eigenvalue weighted by Crippen LogP contribution is -2.55. The first-order valence-corrected chi connectivity index (χ1v) is 9.85. The van der Waals surface area contributed by atoms with Crippen LogP contribution in [0.5, 0.6) is 0 Å². The van der Waals surface area contributed by atoms with Gasteiger partial charge in [0.2, 0.25) is 16.0 Å². The van der Waals surface area contributed by atoms with Crippen LogP contribution in [0.4, 0.5) is 13.2 Å². The molecule has 0 radical (unpaired) electrons. The molecule has 148 valence electrons. The zero-order valence-electron chi connectivity index (χ0n) is 14.4. The highest BCUT2D eigenvalue weighted by atomic mass is 32.2. The number of esters is 1. The van der Waals surface area contributed by atoms with Crippen molar-refractivity contribution in [2.24, 2.45) is 0 Å². The number of carbonyl (C=O) groups excluding carboxylic acids is 1. The summed E-state index contributed by atoms with van der Waals surface area (Å²) in [6.07, 6.45) is -1.28. The zero-order chi connectivity index (χ0) is 19.8. The Kier molecular flexibility index (Phi) is 5.43. The number of nitrogens with zero attached hydrogens (tertiary/aromatic N) is 2. The Balaban J connectivity index is 1.96. The van der Waals surface area contributed by atoms with Crippen LogP contribution >= 0.6 is 0 Å². The van der Waals surface area contributed by atoms with Crippen molar-refractivity contribution in [2.45, 2.75) is 43.5 Å². The SMILES string of the molecule is CCCCOC(=O)[C@@H]1CCN1S(=O)(=O)c1cc(C(F)F)cc2c(F)[nH]nc12. The number of alkyl halides is 2. The maximum absolute atomic E-state index is 13.8. The molecule has 7 nitrogen and oxygen atoms in total. The number of ether oxygens (including phenoxy) is 1. The van der Waals surface area contributed by atoms with Gasteiger partial charge < -0.3 is 4.74 Å². The number of halogens is 3. The number of sulfonamides is 1. The topological polar surface area (TPSA) is 92.4 Å². The minimum Gasteiger partial charge on any atom is -0.464 e. The minimum absolute atomic E-state index is 0.0309. The summed E-state index contributed by atoms with van der Waals surface area (Å²) < 4.78 is 71.9. The van der Waals surface area contributed by atoms with E-state index < -0.39 is 44.9 Å². The number of carbonyl (C=O) groups is 1. The van der Waals surface area contributed by atoms with Gasteiger partial charge in [-0.2, -0.15) is 13.8 Å². The van der Waals surface area contributed by atoms with Gasteiger partial charge in [0.1, 0.15) is 16.5 Å². The molecule has 1 aromatic carbocycles. The second-order valence-electron chi connectivity index (χ2n) is 6.19. The Bertz CT molecular complexity index is 961. The third kappa shape index (κ3) is 3.53. The van der Waals surface area contributed by atoms with E-state index in [1.807, 2.05) is 12.0 Å². The number of H-pyrrole nitrogens is 1. The highest BCUT2D eigenvalue weighted by Crippen LogP contribution is 2.34. The summed E-state index contributed by atoms with van der Waals surface area (Å²) in [7, 11) is -4.35. The molecule has 0 bridgehead atoms. The van der Waals surface area contributed by atoms with Gasteiger partial charge in [-0.1, -0.05) is 13.3 Å². The van der Waals surface area contributed by atoms with Gasteiger partial charge in [0.25, 0.3) is 6.43 Å². The van der Waals surface area contributed by atoms with Crippen molar-refractivity contribution in [1.29, 1.82) is 0 Å². The molecular formula is C16H18F3N3O4S. The minimum atomic E-state index is -4.35. The number of benzene rings is 1. The molecule has 3 rings (SSSR count). The fourth-order valence-corrected chi connectivity index (χ4v) is 4.64. The number of aromatic amines is 1. The van der Waals surface area contributed by atoms with Crippen molar-refractivity contribution < 1.29 is 31.1 Å². The highest BCUT2D eigenvalue weighted by molar-refractivity contribution is 7.89. The zero-order valence-corrected chi connectivity index (χ0v) is 15.2. The highest BCUT2D eigenvalue weighted by Gasteiger charge is 2.45. The summed E-state index contributed by atoms with van der Waals surface area (Å²) in [5.74, 6) is -1.70. The average molecular weight is 405 g/mol. The van der Waals surface area contributed by atoms with Gasteiger partial charge in [0, 0.05) is 12.1 Å². The molecule has 0 aliphatic carbocycles. The summed E-state index contributed by atoms with van der Waals surface area (Å²) in [5, 5.41) is 5.20. The molecule has 0 unspecified atom stereocenters. The van der Waals surface area contributed by atoms with E-state index >= 15 is 0 Å². The van der Waals surface area contributed by atoms with Gasteiger partial charge in [-0.25, -0.2) is 17.2 Å². The molecular weight excluding hydrogens is 387 g/mol.